The molecule has 0 saturated carbocycles. The largest absolute Gasteiger partial charge is 0.394 e. The summed E-state index contributed by atoms with van der Waals surface area (Å²) in [4.78, 5) is 15.3. The number of hydrogen-bond acceptors (Lipinski definition) is 8. The maximum absolute atomic E-state index is 11.4. The van der Waals surface area contributed by atoms with E-state index in [1.807, 2.05) is 0 Å². The van der Waals surface area contributed by atoms with Crippen molar-refractivity contribution in [1.29, 1.82) is 0 Å². The van der Waals surface area contributed by atoms with Crippen molar-refractivity contribution in [2.45, 2.75) is 24.5 Å². The molecular formula is C9H11N5O5. The van der Waals surface area contributed by atoms with Gasteiger partial charge in [-0.15, -0.1) is 5.10 Å². The highest BCUT2D eigenvalue weighted by Crippen LogP contribution is 2.30. The van der Waals surface area contributed by atoms with Gasteiger partial charge in [-0.3, -0.25) is 9.36 Å². The van der Waals surface area contributed by atoms with Gasteiger partial charge in [0, 0.05) is 0 Å². The monoisotopic (exact) mass is 269 g/mol. The lowest BCUT2D eigenvalue weighted by molar-refractivity contribution is -0.0511. The fraction of sp³-hybridized carbons (Fsp3) is 0.556. The van der Waals surface area contributed by atoms with Crippen LogP contribution >= 0.6 is 0 Å². The van der Waals surface area contributed by atoms with Crippen LogP contribution in [-0.2, 0) is 4.74 Å². The summed E-state index contributed by atoms with van der Waals surface area (Å²) >= 11 is 0. The van der Waals surface area contributed by atoms with Crippen LogP contribution in [0.3, 0.4) is 0 Å². The first-order valence-corrected chi connectivity index (χ1v) is 5.54. The van der Waals surface area contributed by atoms with Gasteiger partial charge in [0.05, 0.1) is 12.9 Å². The molecule has 4 N–H and O–H groups in total. The summed E-state index contributed by atoms with van der Waals surface area (Å²) in [6, 6.07) is 0. The van der Waals surface area contributed by atoms with E-state index in [0.29, 0.717) is 0 Å². The van der Waals surface area contributed by atoms with Gasteiger partial charge in [-0.05, 0) is 0 Å². The van der Waals surface area contributed by atoms with Gasteiger partial charge >= 0.3 is 0 Å². The SMILES string of the molecule is O=c1[nH]nnc2c1ncn2[C@H]1O[C@H](CO)[C@@H](O)[C@H]1O. The van der Waals surface area contributed by atoms with Gasteiger partial charge < -0.3 is 20.1 Å². The minimum atomic E-state index is -1.27. The van der Waals surface area contributed by atoms with E-state index in [4.69, 9.17) is 9.84 Å². The average Bonchev–Trinajstić information content (AvgIpc) is 2.94. The molecule has 10 nitrogen and oxygen atoms in total. The Bertz CT molecular complexity index is 654. The molecule has 0 amide bonds. The lowest BCUT2D eigenvalue weighted by Gasteiger charge is -2.15. The number of aromatic nitrogens is 5. The van der Waals surface area contributed by atoms with Crippen molar-refractivity contribution < 1.29 is 20.1 Å². The van der Waals surface area contributed by atoms with Crippen LogP contribution in [0, 0.1) is 0 Å². The van der Waals surface area contributed by atoms with E-state index in [1.54, 1.807) is 0 Å². The molecule has 0 radical (unpaired) electrons. The molecule has 4 atom stereocenters. The zero-order valence-electron chi connectivity index (χ0n) is 9.54. The predicted molar refractivity (Wildman–Crippen MR) is 59.0 cm³/mol. The van der Waals surface area contributed by atoms with Gasteiger partial charge in [0.25, 0.3) is 5.56 Å². The molecule has 0 unspecified atom stereocenters. The third kappa shape index (κ3) is 1.73. The first-order valence-electron chi connectivity index (χ1n) is 5.54. The summed E-state index contributed by atoms with van der Waals surface area (Å²) in [6.45, 7) is -0.437. The van der Waals surface area contributed by atoms with E-state index in [2.05, 4.69) is 20.4 Å². The van der Waals surface area contributed by atoms with Crippen molar-refractivity contribution in [3.63, 3.8) is 0 Å². The molecular weight excluding hydrogens is 258 g/mol. The highest BCUT2D eigenvalue weighted by Gasteiger charge is 2.44. The van der Waals surface area contributed by atoms with E-state index < -0.39 is 36.7 Å². The summed E-state index contributed by atoms with van der Waals surface area (Å²) < 4.78 is 6.61. The molecule has 10 heteroatoms. The number of ether oxygens (including phenoxy) is 1. The third-order valence-electron chi connectivity index (χ3n) is 3.07. The second-order valence-corrected chi connectivity index (χ2v) is 4.19. The second kappa shape index (κ2) is 4.35. The minimum absolute atomic E-state index is 0.0488. The third-order valence-corrected chi connectivity index (χ3v) is 3.07. The van der Waals surface area contributed by atoms with E-state index >= 15 is 0 Å². The van der Waals surface area contributed by atoms with Gasteiger partial charge in [0.2, 0.25) is 0 Å². The molecule has 1 saturated heterocycles. The fourth-order valence-electron chi connectivity index (χ4n) is 2.08. The van der Waals surface area contributed by atoms with Crippen molar-refractivity contribution >= 4 is 11.2 Å². The standard InChI is InChI=1S/C9H11N5O5/c15-1-3-5(16)6(17)9(19-3)14-2-10-4-7(14)11-13-12-8(4)18/h2-3,5-6,9,15-17H,1H2,(H,11,12,18)/t3-,5-,6-,9+/m1/s1. The lowest BCUT2D eigenvalue weighted by Crippen LogP contribution is -2.33. The van der Waals surface area contributed by atoms with Crippen LogP contribution in [0.2, 0.25) is 0 Å². The molecule has 19 heavy (non-hydrogen) atoms. The number of imidazole rings is 1. The quantitative estimate of drug-likeness (QED) is 0.455. The molecule has 102 valence electrons. The van der Waals surface area contributed by atoms with Gasteiger partial charge in [0.15, 0.2) is 17.4 Å². The molecule has 0 spiro atoms. The Balaban J connectivity index is 2.06. The smallest absolute Gasteiger partial charge is 0.295 e. The van der Waals surface area contributed by atoms with Gasteiger partial charge in [-0.25, -0.2) is 10.1 Å². The maximum Gasteiger partial charge on any atom is 0.295 e. The molecule has 2 aromatic rings. The number of nitrogens with zero attached hydrogens (tertiary/aromatic N) is 4. The number of aliphatic hydroxyl groups is 3. The minimum Gasteiger partial charge on any atom is -0.394 e. The second-order valence-electron chi connectivity index (χ2n) is 4.19. The highest BCUT2D eigenvalue weighted by atomic mass is 16.6. The number of hydrogen-bond donors (Lipinski definition) is 4. The topological polar surface area (TPSA) is 146 Å². The Labute approximate surface area is 105 Å². The van der Waals surface area contributed by atoms with Crippen molar-refractivity contribution in [3.05, 3.63) is 16.7 Å². The van der Waals surface area contributed by atoms with Crippen molar-refractivity contribution in [3.8, 4) is 0 Å². The number of H-pyrrole nitrogens is 1. The molecule has 3 heterocycles. The van der Waals surface area contributed by atoms with Crippen LogP contribution < -0.4 is 5.56 Å². The Hall–Kier alpha value is -1.88. The van der Waals surface area contributed by atoms with E-state index in [1.165, 1.54) is 10.9 Å². The molecule has 0 aliphatic carbocycles. The van der Waals surface area contributed by atoms with Gasteiger partial charge in [0.1, 0.15) is 18.3 Å². The molecule has 0 aromatic carbocycles. The Morgan fingerprint density at radius 1 is 1.42 bits per heavy atom. The van der Waals surface area contributed by atoms with Crippen molar-refractivity contribution in [2.75, 3.05) is 6.61 Å². The average molecular weight is 269 g/mol. The van der Waals surface area contributed by atoms with Crippen LogP contribution in [0.4, 0.5) is 0 Å². The van der Waals surface area contributed by atoms with Crippen LogP contribution in [0.1, 0.15) is 6.23 Å². The summed E-state index contributed by atoms with van der Waals surface area (Å²) in [5.74, 6) is 0. The first kappa shape index (κ1) is 12.2. The molecule has 0 bridgehead atoms. The number of aromatic amines is 1. The van der Waals surface area contributed by atoms with Crippen LogP contribution in [0.25, 0.3) is 11.2 Å². The number of nitrogens with one attached hydrogen (secondary N) is 1. The molecule has 1 aliphatic rings. The Morgan fingerprint density at radius 3 is 2.89 bits per heavy atom. The Kier molecular flexibility index (Phi) is 2.78. The van der Waals surface area contributed by atoms with Crippen LogP contribution in [0.5, 0.6) is 0 Å². The van der Waals surface area contributed by atoms with E-state index in [-0.39, 0.29) is 11.2 Å². The maximum atomic E-state index is 11.4. The molecule has 3 rings (SSSR count). The van der Waals surface area contributed by atoms with Crippen LogP contribution in [-0.4, -0.2) is 65.2 Å². The van der Waals surface area contributed by atoms with Gasteiger partial charge in [-0.1, -0.05) is 5.21 Å². The predicted octanol–water partition coefficient (Wildman–Crippen LogP) is -2.87. The first-order chi connectivity index (χ1) is 9.13. The van der Waals surface area contributed by atoms with Gasteiger partial charge in [-0.2, -0.15) is 0 Å². The zero-order chi connectivity index (χ0) is 13.6. The molecule has 2 aromatic heterocycles. The molecule has 1 aliphatic heterocycles. The lowest BCUT2D eigenvalue weighted by atomic mass is 10.1. The van der Waals surface area contributed by atoms with E-state index in [9.17, 15) is 15.0 Å². The van der Waals surface area contributed by atoms with E-state index in [0.717, 1.165) is 0 Å². The number of aliphatic hydroxyl groups excluding tert-OH is 3. The zero-order valence-corrected chi connectivity index (χ0v) is 9.54. The van der Waals surface area contributed by atoms with Crippen LogP contribution in [0.15, 0.2) is 11.1 Å². The highest BCUT2D eigenvalue weighted by molar-refractivity contribution is 5.68. The molecule has 1 fully saturated rings. The van der Waals surface area contributed by atoms with Crippen molar-refractivity contribution in [2.24, 2.45) is 0 Å². The summed E-state index contributed by atoms with van der Waals surface area (Å²) in [7, 11) is 0. The number of fused-ring (bicyclic) bond motifs is 1. The summed E-state index contributed by atoms with van der Waals surface area (Å²) in [6.07, 6.45) is -3.15. The van der Waals surface area contributed by atoms with Crippen molar-refractivity contribution in [1.82, 2.24) is 25.0 Å². The summed E-state index contributed by atoms with van der Waals surface area (Å²) in [5, 5.41) is 37.8. The fourth-order valence-corrected chi connectivity index (χ4v) is 2.08. The number of rotatable bonds is 2. The summed E-state index contributed by atoms with van der Waals surface area (Å²) in [5.41, 5.74) is -0.346. The Morgan fingerprint density at radius 2 is 2.21 bits per heavy atom. The normalized spacial score (nSPS) is 31.1.